The molecule has 1 aromatic heterocycles. The maximum Gasteiger partial charge on any atom is 0.205 e. The lowest BCUT2D eigenvalue weighted by atomic mass is 10.1. The van der Waals surface area contributed by atoms with Crippen LogP contribution in [0, 0.1) is 13.8 Å². The molecule has 0 spiro atoms. The maximum absolute atomic E-state index is 6.04. The van der Waals surface area contributed by atoms with Gasteiger partial charge < -0.3 is 5.73 Å². The van der Waals surface area contributed by atoms with Gasteiger partial charge in [-0.25, -0.2) is 4.98 Å². The molecule has 0 unspecified atom stereocenters. The molecule has 3 rings (SSSR count). The number of nitrogens with zero attached hydrogens (tertiary/aromatic N) is 2. The third-order valence-corrected chi connectivity index (χ3v) is 3.31. The number of para-hydroxylation sites is 1. The topological polar surface area (TPSA) is 43.8 Å². The fourth-order valence-electron chi connectivity index (χ4n) is 2.20. The van der Waals surface area contributed by atoms with Crippen molar-refractivity contribution in [1.29, 1.82) is 0 Å². The first-order valence-electron chi connectivity index (χ1n) is 5.97. The number of hydrogen-bond donors (Lipinski definition) is 1. The Labute approximate surface area is 106 Å². The minimum atomic E-state index is 0.529. The Hall–Kier alpha value is -2.29. The predicted molar refractivity (Wildman–Crippen MR) is 75.0 cm³/mol. The lowest BCUT2D eigenvalue weighted by molar-refractivity contribution is 1.11. The minimum Gasteiger partial charge on any atom is -0.369 e. The van der Waals surface area contributed by atoms with Gasteiger partial charge in [0.1, 0.15) is 0 Å². The molecule has 2 aromatic carbocycles. The summed E-state index contributed by atoms with van der Waals surface area (Å²) in [5.74, 6) is 0.529. The SMILES string of the molecule is Cc1cc2nc(N)n(-c3ccccc3)c2cc1C. The van der Waals surface area contributed by atoms with Crippen LogP contribution in [-0.2, 0) is 0 Å². The Kier molecular flexibility index (Phi) is 2.33. The molecule has 0 aliphatic carbocycles. The van der Waals surface area contributed by atoms with Crippen molar-refractivity contribution in [2.45, 2.75) is 13.8 Å². The van der Waals surface area contributed by atoms with Gasteiger partial charge in [0.2, 0.25) is 5.95 Å². The van der Waals surface area contributed by atoms with Gasteiger partial charge in [0.05, 0.1) is 11.0 Å². The normalized spacial score (nSPS) is 11.0. The van der Waals surface area contributed by atoms with Gasteiger partial charge in [-0.3, -0.25) is 4.57 Å². The molecule has 0 saturated heterocycles. The van der Waals surface area contributed by atoms with Gasteiger partial charge in [-0.05, 0) is 49.2 Å². The van der Waals surface area contributed by atoms with Crippen LogP contribution in [0.2, 0.25) is 0 Å². The van der Waals surface area contributed by atoms with Crippen molar-refractivity contribution in [3.05, 3.63) is 53.6 Å². The zero-order chi connectivity index (χ0) is 12.7. The van der Waals surface area contributed by atoms with Crippen LogP contribution in [0.3, 0.4) is 0 Å². The lowest BCUT2D eigenvalue weighted by Crippen LogP contribution is -2.00. The van der Waals surface area contributed by atoms with E-state index in [4.69, 9.17) is 5.73 Å². The van der Waals surface area contributed by atoms with Crippen molar-refractivity contribution >= 4 is 17.0 Å². The number of imidazole rings is 1. The highest BCUT2D eigenvalue weighted by Crippen LogP contribution is 2.25. The van der Waals surface area contributed by atoms with E-state index in [2.05, 4.69) is 31.0 Å². The Morgan fingerprint density at radius 1 is 1.00 bits per heavy atom. The van der Waals surface area contributed by atoms with Gasteiger partial charge in [0.25, 0.3) is 0 Å². The lowest BCUT2D eigenvalue weighted by Gasteiger charge is -2.07. The molecule has 0 amide bonds. The summed E-state index contributed by atoms with van der Waals surface area (Å²) in [6.45, 7) is 4.19. The monoisotopic (exact) mass is 237 g/mol. The van der Waals surface area contributed by atoms with Crippen molar-refractivity contribution in [2.24, 2.45) is 0 Å². The average Bonchev–Trinajstić information content (AvgIpc) is 2.66. The Morgan fingerprint density at radius 2 is 1.67 bits per heavy atom. The second-order valence-corrected chi connectivity index (χ2v) is 4.57. The van der Waals surface area contributed by atoms with Crippen LogP contribution in [0.4, 0.5) is 5.95 Å². The number of benzene rings is 2. The molecule has 2 N–H and O–H groups in total. The summed E-state index contributed by atoms with van der Waals surface area (Å²) >= 11 is 0. The highest BCUT2D eigenvalue weighted by atomic mass is 15.2. The molecule has 0 saturated carbocycles. The maximum atomic E-state index is 6.04. The van der Waals surface area contributed by atoms with Gasteiger partial charge in [-0.15, -0.1) is 0 Å². The van der Waals surface area contributed by atoms with Crippen molar-refractivity contribution in [2.75, 3.05) is 5.73 Å². The standard InChI is InChI=1S/C15H15N3/c1-10-8-13-14(9-11(10)2)18(15(16)17-13)12-6-4-3-5-7-12/h3-9H,1-2H3,(H2,16,17). The zero-order valence-electron chi connectivity index (χ0n) is 10.5. The van der Waals surface area contributed by atoms with E-state index in [9.17, 15) is 0 Å². The molecular formula is C15H15N3. The number of rotatable bonds is 1. The second kappa shape index (κ2) is 3.88. The number of nitrogen functional groups attached to an aromatic ring is 1. The molecule has 0 aliphatic rings. The molecule has 1 heterocycles. The van der Waals surface area contributed by atoms with Crippen molar-refractivity contribution in [3.8, 4) is 5.69 Å². The quantitative estimate of drug-likeness (QED) is 0.706. The van der Waals surface area contributed by atoms with Crippen LogP contribution in [-0.4, -0.2) is 9.55 Å². The molecule has 18 heavy (non-hydrogen) atoms. The van der Waals surface area contributed by atoms with E-state index in [1.807, 2.05) is 34.9 Å². The van der Waals surface area contributed by atoms with Crippen molar-refractivity contribution in [1.82, 2.24) is 9.55 Å². The molecule has 90 valence electrons. The van der Waals surface area contributed by atoms with E-state index in [0.717, 1.165) is 16.7 Å². The van der Waals surface area contributed by atoms with Crippen molar-refractivity contribution in [3.63, 3.8) is 0 Å². The van der Waals surface area contributed by atoms with Gasteiger partial charge in [-0.1, -0.05) is 18.2 Å². The molecular weight excluding hydrogens is 222 g/mol. The molecule has 0 bridgehead atoms. The second-order valence-electron chi connectivity index (χ2n) is 4.57. The van der Waals surface area contributed by atoms with Crippen molar-refractivity contribution < 1.29 is 0 Å². The third kappa shape index (κ3) is 1.56. The smallest absolute Gasteiger partial charge is 0.205 e. The fourth-order valence-corrected chi connectivity index (χ4v) is 2.20. The molecule has 3 nitrogen and oxygen atoms in total. The third-order valence-electron chi connectivity index (χ3n) is 3.31. The van der Waals surface area contributed by atoms with Crippen LogP contribution in [0.25, 0.3) is 16.7 Å². The van der Waals surface area contributed by atoms with Gasteiger partial charge in [0.15, 0.2) is 0 Å². The van der Waals surface area contributed by atoms with Crippen LogP contribution in [0.1, 0.15) is 11.1 Å². The van der Waals surface area contributed by atoms with E-state index < -0.39 is 0 Å². The van der Waals surface area contributed by atoms with Gasteiger partial charge in [0, 0.05) is 5.69 Å². The molecule has 3 aromatic rings. The number of hydrogen-bond acceptors (Lipinski definition) is 2. The Morgan fingerprint density at radius 3 is 2.39 bits per heavy atom. The van der Waals surface area contributed by atoms with E-state index >= 15 is 0 Å². The van der Waals surface area contributed by atoms with Gasteiger partial charge >= 0.3 is 0 Å². The van der Waals surface area contributed by atoms with E-state index in [1.54, 1.807) is 0 Å². The summed E-state index contributed by atoms with van der Waals surface area (Å²) in [4.78, 5) is 4.43. The Bertz CT molecular complexity index is 711. The first kappa shape index (κ1) is 10.8. The Balaban J connectivity index is 2.36. The van der Waals surface area contributed by atoms with Gasteiger partial charge in [-0.2, -0.15) is 0 Å². The summed E-state index contributed by atoms with van der Waals surface area (Å²) in [7, 11) is 0. The summed E-state index contributed by atoms with van der Waals surface area (Å²) < 4.78 is 1.99. The van der Waals surface area contributed by atoms with E-state index in [-0.39, 0.29) is 0 Å². The van der Waals surface area contributed by atoms with E-state index in [0.29, 0.717) is 5.95 Å². The fraction of sp³-hybridized carbons (Fsp3) is 0.133. The summed E-state index contributed by atoms with van der Waals surface area (Å²) in [6.07, 6.45) is 0. The van der Waals surface area contributed by atoms with Crippen LogP contribution in [0.15, 0.2) is 42.5 Å². The number of fused-ring (bicyclic) bond motifs is 1. The average molecular weight is 237 g/mol. The minimum absolute atomic E-state index is 0.529. The molecule has 0 fully saturated rings. The number of nitrogens with two attached hydrogens (primary N) is 1. The molecule has 0 atom stereocenters. The number of aromatic nitrogens is 2. The highest BCUT2D eigenvalue weighted by Gasteiger charge is 2.10. The predicted octanol–water partition coefficient (Wildman–Crippen LogP) is 3.22. The van der Waals surface area contributed by atoms with Crippen LogP contribution < -0.4 is 5.73 Å². The largest absolute Gasteiger partial charge is 0.369 e. The van der Waals surface area contributed by atoms with E-state index in [1.165, 1.54) is 11.1 Å². The number of aryl methyl sites for hydroxylation is 2. The first-order valence-corrected chi connectivity index (χ1v) is 5.97. The molecule has 3 heteroatoms. The van der Waals surface area contributed by atoms with Crippen LogP contribution in [0.5, 0.6) is 0 Å². The zero-order valence-corrected chi connectivity index (χ0v) is 10.5. The number of anilines is 1. The van der Waals surface area contributed by atoms with Crippen LogP contribution >= 0.6 is 0 Å². The summed E-state index contributed by atoms with van der Waals surface area (Å²) in [5, 5.41) is 0. The molecule has 0 radical (unpaired) electrons. The first-order chi connectivity index (χ1) is 8.66. The highest BCUT2D eigenvalue weighted by molar-refractivity contribution is 5.82. The molecule has 0 aliphatic heterocycles. The summed E-state index contributed by atoms with van der Waals surface area (Å²) in [6, 6.07) is 14.3. The summed E-state index contributed by atoms with van der Waals surface area (Å²) in [5.41, 5.74) is 11.6.